The number of hydrogen-bond acceptors (Lipinski definition) is 4. The molecule has 0 aliphatic carbocycles. The zero-order chi connectivity index (χ0) is 9.68. The fourth-order valence-electron chi connectivity index (χ4n) is 0.864. The van der Waals surface area contributed by atoms with E-state index >= 15 is 0 Å². The molecule has 5 heteroatoms. The van der Waals surface area contributed by atoms with Crippen molar-refractivity contribution in [1.82, 2.24) is 0 Å². The molecule has 1 N–H and O–H groups in total. The fraction of sp³-hybridized carbons (Fsp3) is 0.125. The Morgan fingerprint density at radius 2 is 2.31 bits per heavy atom. The van der Waals surface area contributed by atoms with Gasteiger partial charge < -0.3 is 9.87 Å². The summed E-state index contributed by atoms with van der Waals surface area (Å²) in [4.78, 5) is 10.3. The molecule has 70 valence electrons. The lowest BCUT2D eigenvalue weighted by molar-refractivity contribution is 0.112. The van der Waals surface area contributed by atoms with Crippen LogP contribution in [0.3, 0.4) is 0 Å². The van der Waals surface area contributed by atoms with E-state index in [1.54, 1.807) is 24.3 Å². The largest absolute Gasteiger partial charge is 0.771 e. The molecule has 0 aliphatic rings. The van der Waals surface area contributed by atoms with Crippen LogP contribution in [0.25, 0.3) is 0 Å². The summed E-state index contributed by atoms with van der Waals surface area (Å²) in [6.45, 7) is 0. The summed E-state index contributed by atoms with van der Waals surface area (Å²) < 4.78 is 20.4. The lowest BCUT2D eigenvalue weighted by Crippen LogP contribution is -2.07. The number of carbonyl (C=O) groups is 1. The lowest BCUT2D eigenvalue weighted by Gasteiger charge is -2.08. The van der Waals surface area contributed by atoms with Crippen molar-refractivity contribution < 1.29 is 13.6 Å². The maximum absolute atomic E-state index is 10.3. The minimum absolute atomic E-state index is 0.150. The van der Waals surface area contributed by atoms with Gasteiger partial charge in [-0.2, -0.15) is 0 Å². The molecular weight excluding hydrogens is 190 g/mol. The molecule has 0 fully saturated rings. The first-order valence-electron chi connectivity index (χ1n) is 3.57. The van der Waals surface area contributed by atoms with E-state index in [-0.39, 0.29) is 5.88 Å². The molecule has 0 aliphatic heterocycles. The molecule has 0 saturated carbocycles. The second-order valence-electron chi connectivity index (χ2n) is 2.37. The van der Waals surface area contributed by atoms with Crippen LogP contribution in [0.15, 0.2) is 24.3 Å². The highest BCUT2D eigenvalue weighted by molar-refractivity contribution is 7.79. The highest BCUT2D eigenvalue weighted by atomic mass is 32.2. The SMILES string of the molecule is O=Cc1cccc(NCS(=O)[O-])c1. The highest BCUT2D eigenvalue weighted by Gasteiger charge is 1.92. The summed E-state index contributed by atoms with van der Waals surface area (Å²) in [7, 11) is 0. The molecule has 0 saturated heterocycles. The van der Waals surface area contributed by atoms with Crippen molar-refractivity contribution in [1.29, 1.82) is 0 Å². The highest BCUT2D eigenvalue weighted by Crippen LogP contribution is 2.08. The van der Waals surface area contributed by atoms with Crippen molar-refractivity contribution in [2.24, 2.45) is 0 Å². The molecule has 1 atom stereocenters. The van der Waals surface area contributed by atoms with Crippen molar-refractivity contribution in [3.63, 3.8) is 0 Å². The maximum Gasteiger partial charge on any atom is 0.150 e. The predicted molar refractivity (Wildman–Crippen MR) is 49.2 cm³/mol. The molecule has 0 aromatic heterocycles. The van der Waals surface area contributed by atoms with Gasteiger partial charge in [-0.1, -0.05) is 12.1 Å². The number of carbonyl (C=O) groups excluding carboxylic acids is 1. The van der Waals surface area contributed by atoms with Gasteiger partial charge in [0.2, 0.25) is 0 Å². The van der Waals surface area contributed by atoms with Crippen LogP contribution >= 0.6 is 0 Å². The first-order chi connectivity index (χ1) is 6.22. The van der Waals surface area contributed by atoms with Gasteiger partial charge in [0.15, 0.2) is 0 Å². The fourth-order valence-corrected chi connectivity index (χ4v) is 1.15. The molecule has 13 heavy (non-hydrogen) atoms. The average molecular weight is 198 g/mol. The predicted octanol–water partition coefficient (Wildman–Crippen LogP) is 0.748. The van der Waals surface area contributed by atoms with Gasteiger partial charge in [-0.3, -0.25) is 9.00 Å². The Hall–Kier alpha value is -1.20. The molecule has 0 heterocycles. The van der Waals surface area contributed by atoms with Crippen LogP contribution in [0.5, 0.6) is 0 Å². The van der Waals surface area contributed by atoms with E-state index in [9.17, 15) is 13.6 Å². The standard InChI is InChI=1S/C8H9NO3S/c10-5-7-2-1-3-8(4-7)9-6-13(11)12/h1-5,9H,6H2,(H,11,12)/p-1. The van der Waals surface area contributed by atoms with Crippen molar-refractivity contribution >= 4 is 23.1 Å². The molecular formula is C8H8NO3S-. The van der Waals surface area contributed by atoms with Gasteiger partial charge in [0.1, 0.15) is 6.29 Å². The number of anilines is 1. The maximum atomic E-state index is 10.3. The lowest BCUT2D eigenvalue weighted by atomic mass is 10.2. The number of nitrogens with one attached hydrogen (secondary N) is 1. The molecule has 1 rings (SSSR count). The van der Waals surface area contributed by atoms with Crippen LogP contribution in [-0.4, -0.2) is 20.9 Å². The zero-order valence-electron chi connectivity index (χ0n) is 6.73. The van der Waals surface area contributed by atoms with Crippen LogP contribution in [0.2, 0.25) is 0 Å². The Morgan fingerprint density at radius 3 is 2.92 bits per heavy atom. The number of rotatable bonds is 4. The molecule has 1 aromatic carbocycles. The normalized spacial score (nSPS) is 12.1. The molecule has 0 bridgehead atoms. The molecule has 0 spiro atoms. The van der Waals surface area contributed by atoms with Gasteiger partial charge in [0.25, 0.3) is 0 Å². The second kappa shape index (κ2) is 4.74. The Labute approximate surface area is 78.3 Å². The topological polar surface area (TPSA) is 69.2 Å². The Balaban J connectivity index is 2.66. The summed E-state index contributed by atoms with van der Waals surface area (Å²) in [6, 6.07) is 6.60. The van der Waals surface area contributed by atoms with Crippen LogP contribution in [0.1, 0.15) is 10.4 Å². The van der Waals surface area contributed by atoms with E-state index in [4.69, 9.17) is 0 Å². The average Bonchev–Trinajstić information content (AvgIpc) is 2.15. The first-order valence-corrected chi connectivity index (χ1v) is 4.82. The smallest absolute Gasteiger partial charge is 0.150 e. The van der Waals surface area contributed by atoms with E-state index in [1.165, 1.54) is 0 Å². The van der Waals surface area contributed by atoms with Gasteiger partial charge in [0, 0.05) is 11.3 Å². The summed E-state index contributed by atoms with van der Waals surface area (Å²) >= 11 is -2.12. The van der Waals surface area contributed by atoms with Crippen LogP contribution in [0, 0.1) is 0 Å². The first kappa shape index (κ1) is 9.88. The Bertz CT molecular complexity index is 327. The van der Waals surface area contributed by atoms with Gasteiger partial charge >= 0.3 is 0 Å². The summed E-state index contributed by atoms with van der Waals surface area (Å²) in [5.41, 5.74) is 1.13. The molecule has 0 radical (unpaired) electrons. The van der Waals surface area contributed by atoms with Gasteiger partial charge in [0.05, 0.1) is 5.88 Å². The van der Waals surface area contributed by atoms with E-state index in [2.05, 4.69) is 5.32 Å². The van der Waals surface area contributed by atoms with E-state index in [1.807, 2.05) is 0 Å². The molecule has 4 nitrogen and oxygen atoms in total. The van der Waals surface area contributed by atoms with E-state index in [0.717, 1.165) is 0 Å². The van der Waals surface area contributed by atoms with Crippen LogP contribution in [-0.2, 0) is 11.1 Å². The summed E-state index contributed by atoms with van der Waals surface area (Å²) in [5, 5.41) is 2.65. The number of benzene rings is 1. The monoisotopic (exact) mass is 198 g/mol. The minimum atomic E-state index is -2.12. The Kier molecular flexibility index (Phi) is 3.60. The summed E-state index contributed by atoms with van der Waals surface area (Å²) in [5.74, 6) is -0.150. The van der Waals surface area contributed by atoms with E-state index < -0.39 is 11.1 Å². The number of hydrogen-bond donors (Lipinski definition) is 1. The van der Waals surface area contributed by atoms with Crippen LogP contribution < -0.4 is 5.32 Å². The van der Waals surface area contributed by atoms with Gasteiger partial charge in [-0.05, 0) is 23.2 Å². The molecule has 1 unspecified atom stereocenters. The van der Waals surface area contributed by atoms with Crippen LogP contribution in [0.4, 0.5) is 5.69 Å². The van der Waals surface area contributed by atoms with Crippen molar-refractivity contribution in [2.75, 3.05) is 11.2 Å². The second-order valence-corrected chi connectivity index (χ2v) is 3.26. The van der Waals surface area contributed by atoms with Crippen molar-refractivity contribution in [3.05, 3.63) is 29.8 Å². The minimum Gasteiger partial charge on any atom is -0.771 e. The third-order valence-electron chi connectivity index (χ3n) is 1.42. The van der Waals surface area contributed by atoms with Gasteiger partial charge in [-0.25, -0.2) is 0 Å². The van der Waals surface area contributed by atoms with E-state index in [0.29, 0.717) is 17.5 Å². The van der Waals surface area contributed by atoms with Crippen molar-refractivity contribution in [3.8, 4) is 0 Å². The quantitative estimate of drug-likeness (QED) is 0.572. The number of aldehydes is 1. The van der Waals surface area contributed by atoms with Gasteiger partial charge in [-0.15, -0.1) is 0 Å². The third kappa shape index (κ3) is 3.35. The third-order valence-corrected chi connectivity index (χ3v) is 1.80. The summed E-state index contributed by atoms with van der Waals surface area (Å²) in [6.07, 6.45) is 0.708. The van der Waals surface area contributed by atoms with Crippen molar-refractivity contribution in [2.45, 2.75) is 0 Å². The molecule has 1 aromatic rings. The zero-order valence-corrected chi connectivity index (χ0v) is 7.54. The molecule has 0 amide bonds. The Morgan fingerprint density at radius 1 is 1.54 bits per heavy atom.